The molecule has 1 heterocycles. The van der Waals surface area contributed by atoms with Crippen LogP contribution in [0.3, 0.4) is 0 Å². The van der Waals surface area contributed by atoms with E-state index in [4.69, 9.17) is 4.74 Å². The predicted molar refractivity (Wildman–Crippen MR) is 90.0 cm³/mol. The second-order valence-electron chi connectivity index (χ2n) is 5.82. The monoisotopic (exact) mass is 331 g/mol. The summed E-state index contributed by atoms with van der Waals surface area (Å²) in [5.74, 6) is 0.699. The Balaban J connectivity index is 1.97. The molecule has 2 aromatic rings. The number of methoxy groups -OCH3 is 1. The summed E-state index contributed by atoms with van der Waals surface area (Å²) in [6.45, 7) is 2.42. The third-order valence-corrected chi connectivity index (χ3v) is 6.27. The molecule has 0 saturated carbocycles. The van der Waals surface area contributed by atoms with Gasteiger partial charge in [-0.15, -0.1) is 0 Å². The van der Waals surface area contributed by atoms with Gasteiger partial charge in [0.15, 0.2) is 0 Å². The van der Waals surface area contributed by atoms with Crippen molar-refractivity contribution in [3.05, 3.63) is 59.7 Å². The lowest BCUT2D eigenvalue weighted by Gasteiger charge is -2.24. The summed E-state index contributed by atoms with van der Waals surface area (Å²) < 4.78 is 33.0. The highest BCUT2D eigenvalue weighted by Crippen LogP contribution is 2.37. The lowest BCUT2D eigenvalue weighted by molar-refractivity contribution is 0.396. The van der Waals surface area contributed by atoms with Crippen LogP contribution in [0, 0.1) is 6.92 Å². The average molecular weight is 331 g/mol. The minimum atomic E-state index is -3.51. The summed E-state index contributed by atoms with van der Waals surface area (Å²) >= 11 is 0. The van der Waals surface area contributed by atoms with Crippen molar-refractivity contribution in [1.82, 2.24) is 4.31 Å². The highest BCUT2D eigenvalue weighted by Gasteiger charge is 2.36. The number of rotatable bonds is 4. The topological polar surface area (TPSA) is 46.6 Å². The molecule has 0 bridgehead atoms. The lowest BCUT2D eigenvalue weighted by atomic mass is 10.1. The van der Waals surface area contributed by atoms with Gasteiger partial charge in [-0.05, 0) is 49.1 Å². The SMILES string of the molecule is COc1ccc(S(=O)(=O)N2CCCC2c2ccccc2)cc1C. The van der Waals surface area contributed by atoms with Gasteiger partial charge in [-0.2, -0.15) is 4.31 Å². The van der Waals surface area contributed by atoms with Gasteiger partial charge in [0.1, 0.15) is 5.75 Å². The van der Waals surface area contributed by atoms with Gasteiger partial charge in [0, 0.05) is 6.54 Å². The Labute approximate surface area is 137 Å². The van der Waals surface area contributed by atoms with Crippen molar-refractivity contribution < 1.29 is 13.2 Å². The summed E-state index contributed by atoms with van der Waals surface area (Å²) in [7, 11) is -1.92. The summed E-state index contributed by atoms with van der Waals surface area (Å²) in [5.41, 5.74) is 1.88. The van der Waals surface area contributed by atoms with Crippen molar-refractivity contribution in [2.24, 2.45) is 0 Å². The Morgan fingerprint density at radius 2 is 1.87 bits per heavy atom. The molecule has 2 aromatic carbocycles. The Kier molecular flexibility index (Phi) is 4.41. The van der Waals surface area contributed by atoms with Gasteiger partial charge < -0.3 is 4.74 Å². The number of benzene rings is 2. The van der Waals surface area contributed by atoms with Crippen LogP contribution in [0.5, 0.6) is 5.75 Å². The summed E-state index contributed by atoms with van der Waals surface area (Å²) in [6, 6.07) is 14.8. The zero-order chi connectivity index (χ0) is 16.4. The van der Waals surface area contributed by atoms with Gasteiger partial charge in [0.2, 0.25) is 10.0 Å². The predicted octanol–water partition coefficient (Wildman–Crippen LogP) is 3.53. The van der Waals surface area contributed by atoms with Crippen LogP contribution in [-0.2, 0) is 10.0 Å². The van der Waals surface area contributed by atoms with E-state index in [0.717, 1.165) is 24.0 Å². The Bertz CT molecular complexity index is 787. The van der Waals surface area contributed by atoms with Crippen LogP contribution in [0.15, 0.2) is 53.4 Å². The smallest absolute Gasteiger partial charge is 0.243 e. The van der Waals surface area contributed by atoms with Crippen molar-refractivity contribution in [2.75, 3.05) is 13.7 Å². The highest BCUT2D eigenvalue weighted by atomic mass is 32.2. The standard InChI is InChI=1S/C18H21NO3S/c1-14-13-16(10-11-18(14)22-2)23(20,21)19-12-6-9-17(19)15-7-4-3-5-8-15/h3-5,7-8,10-11,13,17H,6,9,12H2,1-2H3. The quantitative estimate of drug-likeness (QED) is 0.861. The molecular weight excluding hydrogens is 310 g/mol. The van der Waals surface area contributed by atoms with Crippen LogP contribution in [-0.4, -0.2) is 26.4 Å². The third kappa shape index (κ3) is 2.99. The maximum atomic E-state index is 13.1. The van der Waals surface area contributed by atoms with Gasteiger partial charge in [-0.3, -0.25) is 0 Å². The molecule has 1 atom stereocenters. The minimum Gasteiger partial charge on any atom is -0.496 e. The molecule has 122 valence electrons. The first-order chi connectivity index (χ1) is 11.0. The summed E-state index contributed by atoms with van der Waals surface area (Å²) in [4.78, 5) is 0.332. The minimum absolute atomic E-state index is 0.0800. The second-order valence-corrected chi connectivity index (χ2v) is 7.71. The highest BCUT2D eigenvalue weighted by molar-refractivity contribution is 7.89. The largest absolute Gasteiger partial charge is 0.496 e. The normalized spacial score (nSPS) is 19.0. The molecule has 0 aliphatic carbocycles. The molecule has 0 amide bonds. The molecule has 1 aliphatic rings. The molecule has 3 rings (SSSR count). The molecular formula is C18H21NO3S. The number of sulfonamides is 1. The van der Waals surface area contributed by atoms with Crippen molar-refractivity contribution in [1.29, 1.82) is 0 Å². The van der Waals surface area contributed by atoms with E-state index in [1.807, 2.05) is 37.3 Å². The summed E-state index contributed by atoms with van der Waals surface area (Å²) in [6.07, 6.45) is 1.74. The van der Waals surface area contributed by atoms with E-state index in [0.29, 0.717) is 17.2 Å². The zero-order valence-corrected chi connectivity index (χ0v) is 14.2. The molecule has 1 saturated heterocycles. The van der Waals surface area contributed by atoms with Crippen LogP contribution >= 0.6 is 0 Å². The van der Waals surface area contributed by atoms with E-state index < -0.39 is 10.0 Å². The molecule has 5 heteroatoms. The van der Waals surface area contributed by atoms with Gasteiger partial charge in [0.05, 0.1) is 18.0 Å². The van der Waals surface area contributed by atoms with Crippen LogP contribution < -0.4 is 4.74 Å². The Morgan fingerprint density at radius 3 is 2.52 bits per heavy atom. The van der Waals surface area contributed by atoms with Crippen LogP contribution in [0.1, 0.15) is 30.0 Å². The van der Waals surface area contributed by atoms with Gasteiger partial charge in [-0.25, -0.2) is 8.42 Å². The maximum Gasteiger partial charge on any atom is 0.243 e. The third-order valence-electron chi connectivity index (χ3n) is 4.36. The molecule has 0 aromatic heterocycles. The van der Waals surface area contributed by atoms with E-state index >= 15 is 0 Å². The molecule has 1 unspecified atom stereocenters. The summed E-state index contributed by atoms with van der Waals surface area (Å²) in [5, 5.41) is 0. The number of ether oxygens (including phenoxy) is 1. The molecule has 23 heavy (non-hydrogen) atoms. The lowest BCUT2D eigenvalue weighted by Crippen LogP contribution is -2.30. The van der Waals surface area contributed by atoms with Crippen molar-refractivity contribution in [3.8, 4) is 5.75 Å². The van der Waals surface area contributed by atoms with Crippen molar-refractivity contribution >= 4 is 10.0 Å². The van der Waals surface area contributed by atoms with E-state index in [1.165, 1.54) is 0 Å². The molecule has 1 aliphatic heterocycles. The van der Waals surface area contributed by atoms with Gasteiger partial charge in [0.25, 0.3) is 0 Å². The average Bonchev–Trinajstić information content (AvgIpc) is 3.06. The number of hydrogen-bond acceptors (Lipinski definition) is 3. The van der Waals surface area contributed by atoms with E-state index in [2.05, 4.69) is 0 Å². The van der Waals surface area contributed by atoms with Gasteiger partial charge >= 0.3 is 0 Å². The maximum absolute atomic E-state index is 13.1. The molecule has 4 nitrogen and oxygen atoms in total. The van der Waals surface area contributed by atoms with Gasteiger partial charge in [-0.1, -0.05) is 30.3 Å². The van der Waals surface area contributed by atoms with Crippen molar-refractivity contribution in [3.63, 3.8) is 0 Å². The van der Waals surface area contributed by atoms with Crippen molar-refractivity contribution in [2.45, 2.75) is 30.7 Å². The fourth-order valence-electron chi connectivity index (χ4n) is 3.18. The number of nitrogens with zero attached hydrogens (tertiary/aromatic N) is 1. The van der Waals surface area contributed by atoms with Crippen LogP contribution in [0.2, 0.25) is 0 Å². The van der Waals surface area contributed by atoms with E-state index in [9.17, 15) is 8.42 Å². The molecule has 0 N–H and O–H groups in total. The van der Waals surface area contributed by atoms with E-state index in [1.54, 1.807) is 29.6 Å². The second kappa shape index (κ2) is 6.34. The molecule has 1 fully saturated rings. The fourth-order valence-corrected chi connectivity index (χ4v) is 4.95. The van der Waals surface area contributed by atoms with Crippen LogP contribution in [0.25, 0.3) is 0 Å². The Morgan fingerprint density at radius 1 is 1.13 bits per heavy atom. The first-order valence-electron chi connectivity index (χ1n) is 7.75. The fraction of sp³-hybridized carbons (Fsp3) is 0.333. The zero-order valence-electron chi connectivity index (χ0n) is 13.4. The van der Waals surface area contributed by atoms with Crippen LogP contribution in [0.4, 0.5) is 0 Å². The first kappa shape index (κ1) is 16.0. The Hall–Kier alpha value is -1.85. The first-order valence-corrected chi connectivity index (χ1v) is 9.19. The molecule has 0 radical (unpaired) electrons. The number of aryl methyl sites for hydroxylation is 1. The van der Waals surface area contributed by atoms with E-state index in [-0.39, 0.29) is 6.04 Å². The molecule has 0 spiro atoms. The number of hydrogen-bond donors (Lipinski definition) is 0.